The van der Waals surface area contributed by atoms with Crippen LogP contribution in [0.25, 0.3) is 0 Å². The van der Waals surface area contributed by atoms with Gasteiger partial charge >= 0.3 is 0 Å². The van der Waals surface area contributed by atoms with E-state index in [1.54, 1.807) is 0 Å². The minimum absolute atomic E-state index is 0.237. The molecule has 3 heteroatoms. The first-order valence-electron chi connectivity index (χ1n) is 7.64. The Morgan fingerprint density at radius 3 is 2.67 bits per heavy atom. The first kappa shape index (κ1) is 13.8. The van der Waals surface area contributed by atoms with Crippen molar-refractivity contribution in [3.8, 4) is 6.07 Å². The van der Waals surface area contributed by atoms with Gasteiger partial charge in [0.15, 0.2) is 0 Å². The van der Waals surface area contributed by atoms with Gasteiger partial charge in [-0.1, -0.05) is 25.7 Å². The molecule has 2 rings (SSSR count). The quantitative estimate of drug-likeness (QED) is 0.781. The van der Waals surface area contributed by atoms with E-state index in [4.69, 9.17) is 0 Å². The van der Waals surface area contributed by atoms with E-state index >= 15 is 0 Å². The van der Waals surface area contributed by atoms with Crippen LogP contribution in [0.15, 0.2) is 0 Å². The van der Waals surface area contributed by atoms with Crippen molar-refractivity contribution in [1.29, 1.82) is 5.26 Å². The lowest BCUT2D eigenvalue weighted by molar-refractivity contribution is 0.174. The third-order valence-corrected chi connectivity index (χ3v) is 4.72. The van der Waals surface area contributed by atoms with Crippen molar-refractivity contribution < 1.29 is 0 Å². The van der Waals surface area contributed by atoms with E-state index in [2.05, 4.69) is 23.3 Å². The Balaban J connectivity index is 1.81. The maximum atomic E-state index is 9.27. The van der Waals surface area contributed by atoms with Gasteiger partial charge in [-0.3, -0.25) is 0 Å². The summed E-state index contributed by atoms with van der Waals surface area (Å²) in [6, 6.07) is 3.64. The molecule has 0 radical (unpaired) electrons. The van der Waals surface area contributed by atoms with Crippen LogP contribution in [-0.2, 0) is 0 Å². The van der Waals surface area contributed by atoms with Crippen LogP contribution in [0, 0.1) is 17.2 Å². The van der Waals surface area contributed by atoms with Gasteiger partial charge in [-0.05, 0) is 39.3 Å². The smallest absolute Gasteiger partial charge is 0.0672 e. The molecule has 2 fully saturated rings. The van der Waals surface area contributed by atoms with Gasteiger partial charge in [0, 0.05) is 18.6 Å². The first-order valence-corrected chi connectivity index (χ1v) is 7.64. The summed E-state index contributed by atoms with van der Waals surface area (Å²) in [5.74, 6) is 0.237. The average molecular weight is 249 g/mol. The second-order valence-corrected chi connectivity index (χ2v) is 6.02. The predicted molar refractivity (Wildman–Crippen MR) is 74.2 cm³/mol. The van der Waals surface area contributed by atoms with Crippen molar-refractivity contribution in [3.05, 3.63) is 0 Å². The van der Waals surface area contributed by atoms with E-state index in [1.165, 1.54) is 51.5 Å². The van der Waals surface area contributed by atoms with Gasteiger partial charge < -0.3 is 10.2 Å². The lowest BCUT2D eigenvalue weighted by atomic mass is 9.95. The Morgan fingerprint density at radius 1 is 1.11 bits per heavy atom. The third kappa shape index (κ3) is 3.70. The highest BCUT2D eigenvalue weighted by Crippen LogP contribution is 2.23. The summed E-state index contributed by atoms with van der Waals surface area (Å²) in [6.45, 7) is 2.30. The van der Waals surface area contributed by atoms with Crippen LogP contribution < -0.4 is 5.32 Å². The zero-order chi connectivity index (χ0) is 12.8. The Labute approximate surface area is 112 Å². The van der Waals surface area contributed by atoms with E-state index in [0.29, 0.717) is 12.1 Å². The minimum atomic E-state index is 0.237. The molecule has 3 atom stereocenters. The van der Waals surface area contributed by atoms with Crippen molar-refractivity contribution in [2.45, 2.75) is 63.5 Å². The second-order valence-electron chi connectivity index (χ2n) is 6.02. The van der Waals surface area contributed by atoms with Crippen LogP contribution in [0.2, 0.25) is 0 Å². The molecule has 1 aliphatic carbocycles. The highest BCUT2D eigenvalue weighted by molar-refractivity contribution is 4.94. The zero-order valence-corrected chi connectivity index (χ0v) is 11.7. The van der Waals surface area contributed by atoms with Crippen LogP contribution in [0.4, 0.5) is 0 Å². The number of nitrogens with one attached hydrogen (secondary N) is 1. The summed E-state index contributed by atoms with van der Waals surface area (Å²) >= 11 is 0. The number of nitriles is 1. The van der Waals surface area contributed by atoms with E-state index in [9.17, 15) is 5.26 Å². The standard InChI is InChI=1S/C15H27N3/c1-18-10-6-5-8-14(18)12-17-15-9-4-2-3-7-13(15)11-16/h13-15,17H,2-10,12H2,1H3. The fourth-order valence-corrected chi connectivity index (χ4v) is 3.40. The van der Waals surface area contributed by atoms with Crippen LogP contribution in [0.3, 0.4) is 0 Å². The molecule has 1 N–H and O–H groups in total. The molecule has 1 heterocycles. The first-order chi connectivity index (χ1) is 8.81. The van der Waals surface area contributed by atoms with Gasteiger partial charge in [-0.15, -0.1) is 0 Å². The Kier molecular flexibility index (Phi) is 5.46. The van der Waals surface area contributed by atoms with Crippen molar-refractivity contribution in [1.82, 2.24) is 10.2 Å². The number of hydrogen-bond donors (Lipinski definition) is 1. The number of piperidine rings is 1. The number of likely N-dealkylation sites (tertiary alicyclic amines) is 1. The van der Waals surface area contributed by atoms with Crippen LogP contribution in [0.1, 0.15) is 51.4 Å². The lowest BCUT2D eigenvalue weighted by Crippen LogP contribution is -2.47. The van der Waals surface area contributed by atoms with Gasteiger partial charge in [-0.25, -0.2) is 0 Å². The molecular formula is C15H27N3. The van der Waals surface area contributed by atoms with Crippen LogP contribution in [-0.4, -0.2) is 37.1 Å². The molecule has 0 aromatic heterocycles. The number of nitrogens with zero attached hydrogens (tertiary/aromatic N) is 2. The summed E-state index contributed by atoms with van der Waals surface area (Å²) in [4.78, 5) is 2.48. The summed E-state index contributed by atoms with van der Waals surface area (Å²) in [6.07, 6.45) is 10.1. The summed E-state index contributed by atoms with van der Waals surface area (Å²) in [5.41, 5.74) is 0. The molecule has 3 unspecified atom stereocenters. The van der Waals surface area contributed by atoms with Gasteiger partial charge in [0.1, 0.15) is 0 Å². The SMILES string of the molecule is CN1CCCCC1CNC1CCCCCC1C#N. The molecule has 1 aliphatic heterocycles. The van der Waals surface area contributed by atoms with E-state index in [1.807, 2.05) is 0 Å². The van der Waals surface area contributed by atoms with Gasteiger partial charge in [-0.2, -0.15) is 5.26 Å². The molecule has 0 aromatic rings. The molecule has 0 aromatic carbocycles. The Hall–Kier alpha value is -0.590. The third-order valence-electron chi connectivity index (χ3n) is 4.72. The summed E-state index contributed by atoms with van der Waals surface area (Å²) in [7, 11) is 2.24. The fourth-order valence-electron chi connectivity index (χ4n) is 3.40. The molecule has 102 valence electrons. The minimum Gasteiger partial charge on any atom is -0.311 e. The normalized spacial score (nSPS) is 34.8. The monoisotopic (exact) mass is 249 g/mol. The van der Waals surface area contributed by atoms with Crippen molar-refractivity contribution >= 4 is 0 Å². The highest BCUT2D eigenvalue weighted by atomic mass is 15.2. The number of hydrogen-bond acceptors (Lipinski definition) is 3. The zero-order valence-electron chi connectivity index (χ0n) is 11.7. The Bertz CT molecular complexity index is 284. The summed E-state index contributed by atoms with van der Waals surface area (Å²) in [5, 5.41) is 13.0. The average Bonchev–Trinajstić information content (AvgIpc) is 2.62. The maximum absolute atomic E-state index is 9.27. The molecule has 0 amide bonds. The van der Waals surface area contributed by atoms with Crippen molar-refractivity contribution in [2.75, 3.05) is 20.1 Å². The van der Waals surface area contributed by atoms with Crippen molar-refractivity contribution in [3.63, 3.8) is 0 Å². The van der Waals surface area contributed by atoms with E-state index in [0.717, 1.165) is 13.0 Å². The molecular weight excluding hydrogens is 222 g/mol. The predicted octanol–water partition coefficient (Wildman–Crippen LogP) is 2.53. The van der Waals surface area contributed by atoms with Crippen LogP contribution >= 0.6 is 0 Å². The van der Waals surface area contributed by atoms with Gasteiger partial charge in [0.25, 0.3) is 0 Å². The van der Waals surface area contributed by atoms with Gasteiger partial charge in [0.2, 0.25) is 0 Å². The van der Waals surface area contributed by atoms with Crippen LogP contribution in [0.5, 0.6) is 0 Å². The topological polar surface area (TPSA) is 39.1 Å². The summed E-state index contributed by atoms with van der Waals surface area (Å²) < 4.78 is 0. The molecule has 1 saturated carbocycles. The highest BCUT2D eigenvalue weighted by Gasteiger charge is 2.25. The molecule has 0 spiro atoms. The van der Waals surface area contributed by atoms with Crippen molar-refractivity contribution in [2.24, 2.45) is 5.92 Å². The molecule has 0 bridgehead atoms. The Morgan fingerprint density at radius 2 is 1.89 bits per heavy atom. The van der Waals surface area contributed by atoms with E-state index < -0.39 is 0 Å². The largest absolute Gasteiger partial charge is 0.311 e. The number of rotatable bonds is 3. The molecule has 3 nitrogen and oxygen atoms in total. The van der Waals surface area contributed by atoms with Gasteiger partial charge in [0.05, 0.1) is 12.0 Å². The molecule has 1 saturated heterocycles. The maximum Gasteiger partial charge on any atom is 0.0672 e. The molecule has 18 heavy (non-hydrogen) atoms. The second kappa shape index (κ2) is 7.11. The van der Waals surface area contributed by atoms with E-state index in [-0.39, 0.29) is 5.92 Å². The molecule has 2 aliphatic rings. The number of likely N-dealkylation sites (N-methyl/N-ethyl adjacent to an activating group) is 1. The fraction of sp³-hybridized carbons (Fsp3) is 0.933. The lowest BCUT2D eigenvalue weighted by Gasteiger charge is -2.34.